The van der Waals surface area contributed by atoms with Crippen LogP contribution in [0.15, 0.2) is 24.3 Å². The highest BCUT2D eigenvalue weighted by Gasteiger charge is 2.15. The first-order valence-corrected chi connectivity index (χ1v) is 8.29. The van der Waals surface area contributed by atoms with Gasteiger partial charge in [-0.05, 0) is 37.1 Å². The normalized spacial score (nSPS) is 13.5. The van der Waals surface area contributed by atoms with Crippen molar-refractivity contribution in [2.45, 2.75) is 19.3 Å². The van der Waals surface area contributed by atoms with E-state index in [-0.39, 0.29) is 17.4 Å². The first kappa shape index (κ1) is 15.5. The van der Waals surface area contributed by atoms with Gasteiger partial charge >= 0.3 is 0 Å². The minimum absolute atomic E-state index is 0.202. The van der Waals surface area contributed by atoms with Crippen molar-refractivity contribution in [3.05, 3.63) is 34.9 Å². The van der Waals surface area contributed by atoms with Crippen LogP contribution < -0.4 is 5.32 Å². The SMILES string of the molecule is CCS(=O)(=O)CCC(CNC)c1ccc(Cl)cc1. The summed E-state index contributed by atoms with van der Waals surface area (Å²) in [5.74, 6) is 0.645. The van der Waals surface area contributed by atoms with Crippen molar-refractivity contribution in [2.24, 2.45) is 0 Å². The van der Waals surface area contributed by atoms with Crippen LogP contribution in [0.1, 0.15) is 24.8 Å². The van der Waals surface area contributed by atoms with Gasteiger partial charge in [0.2, 0.25) is 0 Å². The van der Waals surface area contributed by atoms with Gasteiger partial charge < -0.3 is 5.32 Å². The Hall–Kier alpha value is -0.580. The lowest BCUT2D eigenvalue weighted by atomic mass is 9.96. The second-order valence-electron chi connectivity index (χ2n) is 4.33. The van der Waals surface area contributed by atoms with Crippen LogP contribution >= 0.6 is 11.6 Å². The Morgan fingerprint density at radius 2 is 1.89 bits per heavy atom. The summed E-state index contributed by atoms with van der Waals surface area (Å²) >= 11 is 5.85. The van der Waals surface area contributed by atoms with Crippen LogP contribution in [-0.2, 0) is 9.84 Å². The van der Waals surface area contributed by atoms with Crippen LogP contribution in [0.5, 0.6) is 0 Å². The predicted molar refractivity (Wildman–Crippen MR) is 77.1 cm³/mol. The molecule has 1 aromatic carbocycles. The van der Waals surface area contributed by atoms with E-state index in [1.807, 2.05) is 31.3 Å². The Balaban J connectivity index is 2.74. The van der Waals surface area contributed by atoms with Crippen LogP contribution in [0.3, 0.4) is 0 Å². The van der Waals surface area contributed by atoms with E-state index >= 15 is 0 Å². The molecule has 0 radical (unpaired) electrons. The first-order chi connectivity index (χ1) is 8.48. The molecule has 0 aromatic heterocycles. The van der Waals surface area contributed by atoms with E-state index in [0.717, 1.165) is 12.1 Å². The number of nitrogens with one attached hydrogen (secondary N) is 1. The summed E-state index contributed by atoms with van der Waals surface area (Å²) in [6, 6.07) is 7.60. The van der Waals surface area contributed by atoms with E-state index in [1.165, 1.54) is 0 Å². The molecular formula is C13H20ClNO2S. The molecule has 18 heavy (non-hydrogen) atoms. The molecule has 5 heteroatoms. The van der Waals surface area contributed by atoms with Crippen molar-refractivity contribution in [3.63, 3.8) is 0 Å². The molecule has 1 aromatic rings. The van der Waals surface area contributed by atoms with Gasteiger partial charge in [-0.1, -0.05) is 30.7 Å². The van der Waals surface area contributed by atoms with E-state index in [4.69, 9.17) is 11.6 Å². The van der Waals surface area contributed by atoms with Crippen molar-refractivity contribution in [1.82, 2.24) is 5.32 Å². The van der Waals surface area contributed by atoms with Crippen molar-refractivity contribution >= 4 is 21.4 Å². The molecule has 0 heterocycles. The largest absolute Gasteiger partial charge is 0.319 e. The molecule has 1 unspecified atom stereocenters. The minimum Gasteiger partial charge on any atom is -0.319 e. The molecule has 0 amide bonds. The minimum atomic E-state index is -2.90. The fourth-order valence-electron chi connectivity index (χ4n) is 1.83. The van der Waals surface area contributed by atoms with Crippen LogP contribution in [0.4, 0.5) is 0 Å². The van der Waals surface area contributed by atoms with Gasteiger partial charge in [0.1, 0.15) is 9.84 Å². The summed E-state index contributed by atoms with van der Waals surface area (Å²) in [7, 11) is -1.03. The molecule has 102 valence electrons. The number of benzene rings is 1. The van der Waals surface area contributed by atoms with Crippen molar-refractivity contribution in [3.8, 4) is 0 Å². The molecule has 3 nitrogen and oxygen atoms in total. The Labute approximate surface area is 114 Å². The van der Waals surface area contributed by atoms with E-state index in [9.17, 15) is 8.42 Å². The molecule has 1 atom stereocenters. The van der Waals surface area contributed by atoms with Gasteiger partial charge in [-0.25, -0.2) is 8.42 Å². The standard InChI is InChI=1S/C13H20ClNO2S/c1-3-18(16,17)9-8-12(10-15-2)11-4-6-13(14)7-5-11/h4-7,12,15H,3,8-10H2,1-2H3. The second kappa shape index (κ2) is 7.12. The van der Waals surface area contributed by atoms with Crippen molar-refractivity contribution < 1.29 is 8.42 Å². The highest BCUT2D eigenvalue weighted by molar-refractivity contribution is 7.91. The third kappa shape index (κ3) is 4.96. The maximum absolute atomic E-state index is 11.6. The highest BCUT2D eigenvalue weighted by Crippen LogP contribution is 2.21. The molecule has 0 fully saturated rings. The Kier molecular flexibility index (Phi) is 6.12. The highest BCUT2D eigenvalue weighted by atomic mass is 35.5. The molecule has 1 N–H and O–H groups in total. The summed E-state index contributed by atoms with van der Waals surface area (Å²) < 4.78 is 23.1. The number of sulfone groups is 1. The Morgan fingerprint density at radius 1 is 1.28 bits per heavy atom. The smallest absolute Gasteiger partial charge is 0.150 e. The Bertz CT molecular complexity index is 456. The monoisotopic (exact) mass is 289 g/mol. The van der Waals surface area contributed by atoms with E-state index in [1.54, 1.807) is 6.92 Å². The molecular weight excluding hydrogens is 270 g/mol. The molecule has 1 rings (SSSR count). The lowest BCUT2D eigenvalue weighted by Crippen LogP contribution is -2.20. The molecule has 0 saturated carbocycles. The lowest BCUT2D eigenvalue weighted by Gasteiger charge is -2.17. The lowest BCUT2D eigenvalue weighted by molar-refractivity contribution is 0.575. The van der Waals surface area contributed by atoms with Gasteiger partial charge in [0.05, 0.1) is 5.75 Å². The quantitative estimate of drug-likeness (QED) is 0.839. The molecule has 0 aliphatic rings. The number of likely N-dealkylation sites (N-methyl/N-ethyl adjacent to an activating group) is 1. The number of hydrogen-bond donors (Lipinski definition) is 1. The van der Waals surface area contributed by atoms with Crippen LogP contribution in [0.25, 0.3) is 0 Å². The average Bonchev–Trinajstić information content (AvgIpc) is 2.36. The van der Waals surface area contributed by atoms with Gasteiger partial charge in [-0.15, -0.1) is 0 Å². The third-order valence-corrected chi connectivity index (χ3v) is 5.00. The molecule has 0 aliphatic carbocycles. The zero-order valence-corrected chi connectivity index (χ0v) is 12.4. The van der Waals surface area contributed by atoms with Crippen molar-refractivity contribution in [1.29, 1.82) is 0 Å². The van der Waals surface area contributed by atoms with Crippen LogP contribution in [0, 0.1) is 0 Å². The number of rotatable bonds is 7. The summed E-state index contributed by atoms with van der Waals surface area (Å²) in [6.07, 6.45) is 0.638. The van der Waals surface area contributed by atoms with Gasteiger partial charge in [0, 0.05) is 17.3 Å². The third-order valence-electron chi connectivity index (χ3n) is 3.01. The maximum Gasteiger partial charge on any atom is 0.150 e. The van der Waals surface area contributed by atoms with E-state index in [0.29, 0.717) is 11.4 Å². The summed E-state index contributed by atoms with van der Waals surface area (Å²) in [5.41, 5.74) is 1.13. The number of halogens is 1. The summed E-state index contributed by atoms with van der Waals surface area (Å²) in [6.45, 7) is 2.45. The zero-order chi connectivity index (χ0) is 13.6. The topological polar surface area (TPSA) is 46.2 Å². The van der Waals surface area contributed by atoms with Crippen LogP contribution in [-0.4, -0.2) is 33.5 Å². The van der Waals surface area contributed by atoms with E-state index in [2.05, 4.69) is 5.32 Å². The first-order valence-electron chi connectivity index (χ1n) is 6.09. The van der Waals surface area contributed by atoms with Crippen LogP contribution in [0.2, 0.25) is 5.02 Å². The summed E-state index contributed by atoms with van der Waals surface area (Å²) in [5, 5.41) is 3.80. The average molecular weight is 290 g/mol. The fourth-order valence-corrected chi connectivity index (χ4v) is 2.89. The summed E-state index contributed by atoms with van der Waals surface area (Å²) in [4.78, 5) is 0. The molecule has 0 spiro atoms. The zero-order valence-electron chi connectivity index (χ0n) is 10.8. The van der Waals surface area contributed by atoms with Gasteiger partial charge in [0.15, 0.2) is 0 Å². The predicted octanol–water partition coefficient (Wildman–Crippen LogP) is 2.47. The van der Waals surface area contributed by atoms with E-state index < -0.39 is 9.84 Å². The fraction of sp³-hybridized carbons (Fsp3) is 0.538. The van der Waals surface area contributed by atoms with Gasteiger partial charge in [-0.2, -0.15) is 0 Å². The molecule has 0 saturated heterocycles. The second-order valence-corrected chi connectivity index (χ2v) is 7.24. The van der Waals surface area contributed by atoms with Gasteiger partial charge in [0.25, 0.3) is 0 Å². The van der Waals surface area contributed by atoms with Crippen molar-refractivity contribution in [2.75, 3.05) is 25.1 Å². The number of hydrogen-bond acceptors (Lipinski definition) is 3. The molecule has 0 bridgehead atoms. The molecule has 0 aliphatic heterocycles. The Morgan fingerprint density at radius 3 is 2.39 bits per heavy atom. The maximum atomic E-state index is 11.6. The van der Waals surface area contributed by atoms with Gasteiger partial charge in [-0.3, -0.25) is 0 Å².